The summed E-state index contributed by atoms with van der Waals surface area (Å²) in [6.45, 7) is 0. The van der Waals surface area contributed by atoms with Crippen LogP contribution in [-0.4, -0.2) is 11.3 Å². The molecule has 1 rings (SSSR count). The van der Waals surface area contributed by atoms with Crippen molar-refractivity contribution in [1.82, 2.24) is 4.98 Å². The summed E-state index contributed by atoms with van der Waals surface area (Å²) >= 11 is 3.05. The lowest BCUT2D eigenvalue weighted by Crippen LogP contribution is -2.03. The SMILES string of the molecule is N#Cc1nc(CBr)cc(C(F)F)c1C=O. The molecule has 6 heteroatoms. The first-order valence-corrected chi connectivity index (χ1v) is 4.99. The first-order chi connectivity index (χ1) is 7.13. The summed E-state index contributed by atoms with van der Waals surface area (Å²) in [7, 11) is 0. The van der Waals surface area contributed by atoms with E-state index in [9.17, 15) is 13.6 Å². The van der Waals surface area contributed by atoms with Crippen molar-refractivity contribution in [2.45, 2.75) is 11.8 Å². The van der Waals surface area contributed by atoms with Gasteiger partial charge in [0.1, 0.15) is 6.07 Å². The lowest BCUT2D eigenvalue weighted by Gasteiger charge is -2.06. The van der Waals surface area contributed by atoms with E-state index in [2.05, 4.69) is 20.9 Å². The Bertz CT molecular complexity index is 429. The zero-order valence-corrected chi connectivity index (χ0v) is 8.96. The monoisotopic (exact) mass is 274 g/mol. The second kappa shape index (κ2) is 4.94. The van der Waals surface area contributed by atoms with E-state index in [4.69, 9.17) is 5.26 Å². The maximum atomic E-state index is 12.5. The van der Waals surface area contributed by atoms with Crippen LogP contribution in [0.4, 0.5) is 8.78 Å². The molecule has 15 heavy (non-hydrogen) atoms. The van der Waals surface area contributed by atoms with Gasteiger partial charge in [-0.1, -0.05) is 15.9 Å². The number of hydrogen-bond acceptors (Lipinski definition) is 3. The highest BCUT2D eigenvalue weighted by Gasteiger charge is 2.18. The molecule has 0 radical (unpaired) electrons. The van der Waals surface area contributed by atoms with Crippen LogP contribution in [0.5, 0.6) is 0 Å². The summed E-state index contributed by atoms with van der Waals surface area (Å²) in [6, 6.07) is 2.74. The quantitative estimate of drug-likeness (QED) is 0.629. The molecule has 0 aliphatic rings. The van der Waals surface area contributed by atoms with Crippen LogP contribution in [-0.2, 0) is 5.33 Å². The Morgan fingerprint density at radius 3 is 2.73 bits per heavy atom. The minimum Gasteiger partial charge on any atom is -0.298 e. The predicted octanol–water partition coefficient (Wildman–Crippen LogP) is 2.60. The number of nitriles is 1. The standard InChI is InChI=1S/C9H5BrF2N2O/c10-2-5-1-6(9(11)12)7(4-15)8(3-13)14-5/h1,4,9H,2H2. The van der Waals surface area contributed by atoms with E-state index in [0.717, 1.165) is 6.07 Å². The first-order valence-electron chi connectivity index (χ1n) is 3.87. The molecule has 0 fully saturated rings. The summed E-state index contributed by atoms with van der Waals surface area (Å²) in [5.74, 6) is 0. The summed E-state index contributed by atoms with van der Waals surface area (Å²) < 4.78 is 25.1. The largest absolute Gasteiger partial charge is 0.298 e. The molecule has 0 unspecified atom stereocenters. The van der Waals surface area contributed by atoms with E-state index < -0.39 is 12.0 Å². The van der Waals surface area contributed by atoms with Crippen molar-refractivity contribution >= 4 is 22.2 Å². The maximum Gasteiger partial charge on any atom is 0.264 e. The van der Waals surface area contributed by atoms with Gasteiger partial charge < -0.3 is 0 Å². The zero-order chi connectivity index (χ0) is 11.4. The highest BCUT2D eigenvalue weighted by molar-refractivity contribution is 9.08. The van der Waals surface area contributed by atoms with E-state index in [-0.39, 0.29) is 22.9 Å². The minimum atomic E-state index is -2.79. The third-order valence-corrected chi connectivity index (χ3v) is 2.31. The van der Waals surface area contributed by atoms with Crippen LogP contribution in [0.2, 0.25) is 0 Å². The highest BCUT2D eigenvalue weighted by Crippen LogP contribution is 2.24. The molecule has 0 spiro atoms. The summed E-state index contributed by atoms with van der Waals surface area (Å²) in [4.78, 5) is 14.3. The molecule has 0 bridgehead atoms. The molecule has 0 N–H and O–H groups in total. The van der Waals surface area contributed by atoms with E-state index in [0.29, 0.717) is 5.69 Å². The average molecular weight is 275 g/mol. The molecule has 78 valence electrons. The van der Waals surface area contributed by atoms with E-state index in [1.54, 1.807) is 6.07 Å². The number of hydrogen-bond donors (Lipinski definition) is 0. The molecule has 0 amide bonds. The van der Waals surface area contributed by atoms with Crippen LogP contribution >= 0.6 is 15.9 Å². The Balaban J connectivity index is 3.47. The van der Waals surface area contributed by atoms with Crippen molar-refractivity contribution in [3.63, 3.8) is 0 Å². The number of aromatic nitrogens is 1. The van der Waals surface area contributed by atoms with Gasteiger partial charge in [-0.15, -0.1) is 0 Å². The number of halogens is 3. The second-order valence-electron chi connectivity index (χ2n) is 2.63. The molecule has 0 aliphatic heterocycles. The lowest BCUT2D eigenvalue weighted by molar-refractivity contribution is 0.110. The molecule has 1 heterocycles. The lowest BCUT2D eigenvalue weighted by atomic mass is 10.1. The van der Waals surface area contributed by atoms with Crippen LogP contribution in [0, 0.1) is 11.3 Å². The van der Waals surface area contributed by atoms with Crippen molar-refractivity contribution in [2.24, 2.45) is 0 Å². The number of pyridine rings is 1. The third kappa shape index (κ3) is 2.36. The molecule has 1 aromatic heterocycles. The zero-order valence-electron chi connectivity index (χ0n) is 7.38. The summed E-state index contributed by atoms with van der Waals surface area (Å²) in [5.41, 5.74) is -0.757. The van der Waals surface area contributed by atoms with Crippen LogP contribution < -0.4 is 0 Å². The van der Waals surface area contributed by atoms with Gasteiger partial charge in [-0.2, -0.15) is 5.26 Å². The number of aldehydes is 1. The molecule has 1 aromatic rings. The van der Waals surface area contributed by atoms with Crippen LogP contribution in [0.3, 0.4) is 0 Å². The molecular weight excluding hydrogens is 270 g/mol. The van der Waals surface area contributed by atoms with Crippen molar-refractivity contribution < 1.29 is 13.6 Å². The maximum absolute atomic E-state index is 12.5. The Kier molecular flexibility index (Phi) is 3.86. The third-order valence-electron chi connectivity index (χ3n) is 1.74. The van der Waals surface area contributed by atoms with Gasteiger partial charge >= 0.3 is 0 Å². The molecular formula is C9H5BrF2N2O. The van der Waals surface area contributed by atoms with E-state index in [1.165, 1.54) is 0 Å². The van der Waals surface area contributed by atoms with E-state index in [1.807, 2.05) is 0 Å². The first kappa shape index (κ1) is 11.7. The Morgan fingerprint density at radius 1 is 1.67 bits per heavy atom. The Hall–Kier alpha value is -1.35. The molecule has 0 aliphatic carbocycles. The number of alkyl halides is 3. The van der Waals surface area contributed by atoms with Gasteiger partial charge in [-0.05, 0) is 6.07 Å². The van der Waals surface area contributed by atoms with Gasteiger partial charge in [-0.25, -0.2) is 13.8 Å². The average Bonchev–Trinajstić information content (AvgIpc) is 2.26. The summed E-state index contributed by atoms with van der Waals surface area (Å²) in [6.07, 6.45) is -2.57. The predicted molar refractivity (Wildman–Crippen MR) is 51.9 cm³/mol. The number of nitrogens with zero attached hydrogens (tertiary/aromatic N) is 2. The minimum absolute atomic E-state index is 0.227. The van der Waals surface area contributed by atoms with Gasteiger partial charge in [0, 0.05) is 10.9 Å². The Labute approximate surface area is 92.9 Å². The van der Waals surface area contributed by atoms with Gasteiger partial charge in [0.2, 0.25) is 0 Å². The molecule has 0 saturated heterocycles. The number of carbonyl (C=O) groups is 1. The number of carbonyl (C=O) groups excluding carboxylic acids is 1. The van der Waals surface area contributed by atoms with Crippen molar-refractivity contribution in [1.29, 1.82) is 5.26 Å². The normalized spacial score (nSPS) is 10.1. The Morgan fingerprint density at radius 2 is 2.33 bits per heavy atom. The van der Waals surface area contributed by atoms with E-state index >= 15 is 0 Å². The van der Waals surface area contributed by atoms with Crippen molar-refractivity contribution in [2.75, 3.05) is 0 Å². The molecule has 0 atom stereocenters. The van der Waals surface area contributed by atoms with Crippen molar-refractivity contribution in [3.05, 3.63) is 28.6 Å². The van der Waals surface area contributed by atoms with Crippen LogP contribution in [0.25, 0.3) is 0 Å². The summed E-state index contributed by atoms with van der Waals surface area (Å²) in [5, 5.41) is 8.89. The van der Waals surface area contributed by atoms with Gasteiger partial charge in [0.25, 0.3) is 6.43 Å². The molecule has 3 nitrogen and oxygen atoms in total. The molecule has 0 saturated carbocycles. The fraction of sp³-hybridized carbons (Fsp3) is 0.222. The molecule has 0 aromatic carbocycles. The topological polar surface area (TPSA) is 53.8 Å². The fourth-order valence-electron chi connectivity index (χ4n) is 1.09. The van der Waals surface area contributed by atoms with Gasteiger partial charge in [0.15, 0.2) is 12.0 Å². The van der Waals surface area contributed by atoms with Gasteiger partial charge in [-0.3, -0.25) is 4.79 Å². The highest BCUT2D eigenvalue weighted by atomic mass is 79.9. The number of rotatable bonds is 3. The smallest absolute Gasteiger partial charge is 0.264 e. The van der Waals surface area contributed by atoms with Crippen molar-refractivity contribution in [3.8, 4) is 6.07 Å². The fourth-order valence-corrected chi connectivity index (χ4v) is 1.38. The van der Waals surface area contributed by atoms with Crippen LogP contribution in [0.15, 0.2) is 6.07 Å². The van der Waals surface area contributed by atoms with Gasteiger partial charge in [0.05, 0.1) is 11.3 Å². The van der Waals surface area contributed by atoms with Crippen LogP contribution in [0.1, 0.15) is 33.7 Å². The second-order valence-corrected chi connectivity index (χ2v) is 3.19.